The molecule has 7 nitrogen and oxygen atoms in total. The third-order valence-electron chi connectivity index (χ3n) is 3.20. The first-order valence-electron chi connectivity index (χ1n) is 6.25. The molecule has 20 heavy (non-hydrogen) atoms. The minimum absolute atomic E-state index is 0.0789. The molecule has 1 aliphatic heterocycles. The van der Waals surface area contributed by atoms with Crippen LogP contribution < -0.4 is 0 Å². The lowest BCUT2D eigenvalue weighted by atomic mass is 10.4. The first-order chi connectivity index (χ1) is 9.66. The summed E-state index contributed by atoms with van der Waals surface area (Å²) in [6, 6.07) is 0. The van der Waals surface area contributed by atoms with E-state index in [2.05, 4.69) is 15.1 Å². The van der Waals surface area contributed by atoms with Crippen molar-refractivity contribution in [3.63, 3.8) is 0 Å². The molecule has 0 unspecified atom stereocenters. The molecule has 3 rings (SSSR count). The summed E-state index contributed by atoms with van der Waals surface area (Å²) in [6.07, 6.45) is 3.90. The quantitative estimate of drug-likeness (QED) is 0.466. The van der Waals surface area contributed by atoms with Gasteiger partial charge in [-0.3, -0.25) is 19.2 Å². The maximum Gasteiger partial charge on any atom is 0.229 e. The molecule has 0 aliphatic carbocycles. The Morgan fingerprint density at radius 3 is 2.75 bits per heavy atom. The maximum atomic E-state index is 11.5. The van der Waals surface area contributed by atoms with Crippen molar-refractivity contribution in [2.24, 2.45) is 7.05 Å². The molecule has 1 saturated heterocycles. The predicted octanol–water partition coefficient (Wildman–Crippen LogP) is 0.604. The molecule has 0 bridgehead atoms. The van der Waals surface area contributed by atoms with Gasteiger partial charge in [0.25, 0.3) is 0 Å². The van der Waals surface area contributed by atoms with Gasteiger partial charge in [-0.2, -0.15) is 5.10 Å². The lowest BCUT2D eigenvalue weighted by Crippen LogP contribution is -2.31. The zero-order chi connectivity index (χ0) is 14.1. The number of carbonyl (C=O) groups is 2. The number of aryl methyl sites for hydroxylation is 1. The van der Waals surface area contributed by atoms with E-state index >= 15 is 0 Å². The molecule has 0 N–H and O–H groups in total. The largest absolute Gasteiger partial charge is 0.282 e. The number of amides is 2. The first-order valence-corrected chi connectivity index (χ1v) is 7.24. The minimum Gasteiger partial charge on any atom is -0.282 e. The highest BCUT2D eigenvalue weighted by Gasteiger charge is 2.28. The van der Waals surface area contributed by atoms with Crippen molar-refractivity contribution in [1.29, 1.82) is 0 Å². The highest BCUT2D eigenvalue weighted by molar-refractivity contribution is 7.99. The van der Waals surface area contributed by atoms with E-state index in [1.54, 1.807) is 10.9 Å². The summed E-state index contributed by atoms with van der Waals surface area (Å²) in [5.74, 6) is 0.466. The molecular weight excluding hydrogens is 278 g/mol. The topological polar surface area (TPSA) is 81.0 Å². The summed E-state index contributed by atoms with van der Waals surface area (Å²) in [5.41, 5.74) is 0.774. The van der Waals surface area contributed by atoms with Crippen LogP contribution in [0.25, 0.3) is 11.0 Å². The third kappa shape index (κ3) is 2.26. The average Bonchev–Trinajstić information content (AvgIpc) is 2.97. The van der Waals surface area contributed by atoms with E-state index in [0.717, 1.165) is 16.1 Å². The zero-order valence-corrected chi connectivity index (χ0v) is 11.8. The van der Waals surface area contributed by atoms with Crippen LogP contribution in [0.2, 0.25) is 0 Å². The number of rotatable bonds is 4. The van der Waals surface area contributed by atoms with E-state index < -0.39 is 0 Å². The zero-order valence-electron chi connectivity index (χ0n) is 10.9. The van der Waals surface area contributed by atoms with Gasteiger partial charge in [-0.05, 0) is 0 Å². The molecule has 3 heterocycles. The van der Waals surface area contributed by atoms with Gasteiger partial charge in [-0.15, -0.1) is 11.8 Å². The summed E-state index contributed by atoms with van der Waals surface area (Å²) in [7, 11) is 1.82. The predicted molar refractivity (Wildman–Crippen MR) is 73.0 cm³/mol. The molecule has 0 radical (unpaired) electrons. The van der Waals surface area contributed by atoms with Crippen LogP contribution in [0.5, 0.6) is 0 Å². The molecule has 0 spiro atoms. The van der Waals surface area contributed by atoms with Crippen LogP contribution in [-0.2, 0) is 16.6 Å². The van der Waals surface area contributed by atoms with Gasteiger partial charge < -0.3 is 0 Å². The van der Waals surface area contributed by atoms with Gasteiger partial charge in [-0.1, -0.05) is 0 Å². The third-order valence-corrected chi connectivity index (χ3v) is 4.19. The second kappa shape index (κ2) is 5.20. The van der Waals surface area contributed by atoms with Crippen molar-refractivity contribution in [2.75, 3.05) is 12.3 Å². The van der Waals surface area contributed by atoms with Crippen LogP contribution in [-0.4, -0.2) is 48.8 Å². The molecule has 1 fully saturated rings. The second-order valence-electron chi connectivity index (χ2n) is 4.47. The van der Waals surface area contributed by atoms with Crippen LogP contribution in [0.3, 0.4) is 0 Å². The van der Waals surface area contributed by atoms with Crippen molar-refractivity contribution in [3.05, 3.63) is 12.5 Å². The number of hydrogen-bond donors (Lipinski definition) is 0. The highest BCUT2D eigenvalue weighted by atomic mass is 32.2. The number of fused-ring (bicyclic) bond motifs is 1. The fourth-order valence-corrected chi connectivity index (χ4v) is 3.05. The van der Waals surface area contributed by atoms with Gasteiger partial charge in [0.15, 0.2) is 5.65 Å². The van der Waals surface area contributed by atoms with Crippen molar-refractivity contribution in [1.82, 2.24) is 24.6 Å². The van der Waals surface area contributed by atoms with Crippen LogP contribution in [0.1, 0.15) is 12.8 Å². The summed E-state index contributed by atoms with van der Waals surface area (Å²) in [6.45, 7) is 0.425. The Labute approximate surface area is 119 Å². The molecular formula is C12H13N5O2S. The van der Waals surface area contributed by atoms with E-state index in [9.17, 15) is 9.59 Å². The van der Waals surface area contributed by atoms with Crippen LogP contribution in [0.15, 0.2) is 17.6 Å². The number of carbonyl (C=O) groups excluding carboxylic acids is 2. The number of nitrogens with zero attached hydrogens (tertiary/aromatic N) is 5. The molecule has 2 aromatic heterocycles. The Balaban J connectivity index is 1.68. The van der Waals surface area contributed by atoms with E-state index in [0.29, 0.717) is 25.1 Å². The Morgan fingerprint density at radius 2 is 2.00 bits per heavy atom. The monoisotopic (exact) mass is 291 g/mol. The normalized spacial score (nSPS) is 15.6. The van der Waals surface area contributed by atoms with Gasteiger partial charge in [0, 0.05) is 32.2 Å². The number of hydrogen-bond acceptors (Lipinski definition) is 6. The SMILES string of the molecule is Cn1ncc2c(SCCN3C(=O)CCC3=O)ncnc21. The molecule has 0 aromatic carbocycles. The van der Waals surface area contributed by atoms with E-state index in [1.807, 2.05) is 7.05 Å². The summed E-state index contributed by atoms with van der Waals surface area (Å²) in [5, 5.41) is 5.86. The summed E-state index contributed by atoms with van der Waals surface area (Å²) in [4.78, 5) is 32.7. The number of likely N-dealkylation sites (tertiary alicyclic amines) is 1. The highest BCUT2D eigenvalue weighted by Crippen LogP contribution is 2.24. The maximum absolute atomic E-state index is 11.5. The molecule has 8 heteroatoms. The van der Waals surface area contributed by atoms with Gasteiger partial charge in [0.1, 0.15) is 11.4 Å². The lowest BCUT2D eigenvalue weighted by molar-refractivity contribution is -0.137. The molecule has 2 amide bonds. The van der Waals surface area contributed by atoms with Crippen molar-refractivity contribution in [2.45, 2.75) is 17.9 Å². The van der Waals surface area contributed by atoms with Crippen LogP contribution >= 0.6 is 11.8 Å². The Bertz CT molecular complexity index is 668. The van der Waals surface area contributed by atoms with Crippen molar-refractivity contribution in [3.8, 4) is 0 Å². The molecule has 104 valence electrons. The van der Waals surface area contributed by atoms with E-state index in [-0.39, 0.29) is 11.8 Å². The molecule has 0 atom stereocenters. The summed E-state index contributed by atoms with van der Waals surface area (Å²) >= 11 is 1.50. The second-order valence-corrected chi connectivity index (χ2v) is 5.56. The smallest absolute Gasteiger partial charge is 0.229 e. The lowest BCUT2D eigenvalue weighted by Gasteiger charge is -2.12. The van der Waals surface area contributed by atoms with Crippen molar-refractivity contribution >= 4 is 34.6 Å². The molecule has 1 aliphatic rings. The standard InChI is InChI=1S/C12H13N5O2S/c1-16-11-8(6-15-16)12(14-7-13-11)20-5-4-17-9(18)2-3-10(17)19/h6-7H,2-5H2,1H3. The Morgan fingerprint density at radius 1 is 1.25 bits per heavy atom. The summed E-state index contributed by atoms with van der Waals surface area (Å²) < 4.78 is 1.69. The Hall–Kier alpha value is -1.96. The van der Waals surface area contributed by atoms with Crippen LogP contribution in [0, 0.1) is 0 Å². The number of thioether (sulfide) groups is 1. The first kappa shape index (κ1) is 13.0. The number of imide groups is 1. The fraction of sp³-hybridized carbons (Fsp3) is 0.417. The Kier molecular flexibility index (Phi) is 3.39. The van der Waals surface area contributed by atoms with E-state index in [1.165, 1.54) is 23.0 Å². The minimum atomic E-state index is -0.0789. The molecule has 0 saturated carbocycles. The van der Waals surface area contributed by atoms with Crippen molar-refractivity contribution < 1.29 is 9.59 Å². The van der Waals surface area contributed by atoms with Crippen LogP contribution in [0.4, 0.5) is 0 Å². The van der Waals surface area contributed by atoms with Gasteiger partial charge >= 0.3 is 0 Å². The van der Waals surface area contributed by atoms with Gasteiger partial charge in [0.05, 0.1) is 11.6 Å². The molecule has 2 aromatic rings. The van der Waals surface area contributed by atoms with Gasteiger partial charge in [-0.25, -0.2) is 9.97 Å². The fourth-order valence-electron chi connectivity index (χ4n) is 2.16. The number of aromatic nitrogens is 4. The van der Waals surface area contributed by atoms with Gasteiger partial charge in [0.2, 0.25) is 11.8 Å². The van der Waals surface area contributed by atoms with E-state index in [4.69, 9.17) is 0 Å². The average molecular weight is 291 g/mol.